The van der Waals surface area contributed by atoms with Crippen molar-refractivity contribution in [3.63, 3.8) is 0 Å². The van der Waals surface area contributed by atoms with Gasteiger partial charge in [0.25, 0.3) is 0 Å². The third-order valence-corrected chi connectivity index (χ3v) is 22.3. The van der Waals surface area contributed by atoms with Gasteiger partial charge in [-0.1, -0.05) is 285 Å². The van der Waals surface area contributed by atoms with Gasteiger partial charge in [0.2, 0.25) is 0 Å². The minimum Gasteiger partial charge on any atom is -0.264 e. The van der Waals surface area contributed by atoms with Crippen LogP contribution in [0.1, 0.15) is 78.7 Å². The summed E-state index contributed by atoms with van der Waals surface area (Å²) < 4.78 is 0. The molecular weight excluding hydrogens is 1310 g/mol. The highest BCUT2D eigenvalue weighted by Gasteiger charge is 2.50. The highest BCUT2D eigenvalue weighted by molar-refractivity contribution is 6.03. The van der Waals surface area contributed by atoms with Gasteiger partial charge in [-0.25, -0.2) is 29.9 Å². The molecule has 0 bridgehead atoms. The molecule has 4 aromatic heterocycles. The van der Waals surface area contributed by atoms with Gasteiger partial charge in [0.1, 0.15) is 17.5 Å². The van der Waals surface area contributed by atoms with E-state index in [2.05, 4.69) is 346 Å². The van der Waals surface area contributed by atoms with Crippen LogP contribution in [-0.2, 0) is 10.8 Å². The minimum atomic E-state index is -0.821. The molecule has 13 aromatic carbocycles. The van der Waals surface area contributed by atoms with E-state index in [-0.39, 0.29) is 0 Å². The van der Waals surface area contributed by atoms with E-state index in [1.165, 1.54) is 49.7 Å². The van der Waals surface area contributed by atoms with Gasteiger partial charge in [-0.3, -0.25) is 9.97 Å². The van der Waals surface area contributed by atoms with Crippen LogP contribution in [0.5, 0.6) is 0 Å². The zero-order valence-corrected chi connectivity index (χ0v) is 60.8. The molecule has 2 aliphatic rings. The molecule has 17 aromatic rings. The van der Waals surface area contributed by atoms with E-state index >= 15 is 0 Å². The Hall–Kier alpha value is -13.6. The van der Waals surface area contributed by atoms with Crippen molar-refractivity contribution in [2.24, 2.45) is 0 Å². The van der Waals surface area contributed by atoms with Crippen LogP contribution in [-0.4, -0.2) is 39.9 Å². The second kappa shape index (κ2) is 26.2. The second-order valence-electron chi connectivity index (χ2n) is 28.7. The molecule has 8 heteroatoms. The zero-order chi connectivity index (χ0) is 72.8. The largest absolute Gasteiger partial charge is 0.264 e. The van der Waals surface area contributed by atoms with E-state index in [1.807, 2.05) is 33.2 Å². The number of pyridine rings is 2. The van der Waals surface area contributed by atoms with Gasteiger partial charge in [-0.05, 0) is 216 Å². The molecule has 2 aliphatic carbocycles. The van der Waals surface area contributed by atoms with Crippen molar-refractivity contribution in [1.29, 1.82) is 0 Å². The summed E-state index contributed by atoms with van der Waals surface area (Å²) in [6.45, 7) is 12.4. The van der Waals surface area contributed by atoms with E-state index in [9.17, 15) is 0 Å². The summed E-state index contributed by atoms with van der Waals surface area (Å²) in [7, 11) is 0. The van der Waals surface area contributed by atoms with Crippen LogP contribution in [0.3, 0.4) is 0 Å². The predicted molar refractivity (Wildman–Crippen MR) is 438 cm³/mol. The Morgan fingerprint density at radius 3 is 1.39 bits per heavy atom. The highest BCUT2D eigenvalue weighted by Crippen LogP contribution is 2.62. The molecule has 0 N–H and O–H groups in total. The quantitative estimate of drug-likeness (QED) is 0.112. The fourth-order valence-electron chi connectivity index (χ4n) is 17.8. The third-order valence-electron chi connectivity index (χ3n) is 22.3. The maximum Gasteiger partial charge on any atom is 0.163 e. The van der Waals surface area contributed by atoms with Crippen molar-refractivity contribution < 1.29 is 0 Å². The van der Waals surface area contributed by atoms with Crippen molar-refractivity contribution in [1.82, 2.24) is 39.9 Å². The van der Waals surface area contributed by atoms with Crippen LogP contribution in [0, 0.1) is 41.5 Å². The topological polar surface area (TPSA) is 103 Å². The third kappa shape index (κ3) is 10.6. The number of aromatic nitrogens is 8. The Morgan fingerprint density at radius 2 is 0.704 bits per heavy atom. The van der Waals surface area contributed by atoms with E-state index in [4.69, 9.17) is 29.9 Å². The fraction of sp³-hybridized carbons (Fsp3) is 0.0800. The minimum absolute atomic E-state index is 0.607. The monoisotopic (exact) mass is 1380 g/mol. The molecule has 0 saturated carbocycles. The lowest BCUT2D eigenvalue weighted by atomic mass is 9.67. The Balaban J connectivity index is 0.779. The Labute approximate surface area is 629 Å². The maximum absolute atomic E-state index is 5.40. The van der Waals surface area contributed by atoms with Crippen LogP contribution in [0.25, 0.3) is 134 Å². The van der Waals surface area contributed by atoms with Crippen LogP contribution in [0.15, 0.2) is 328 Å². The normalized spacial score (nSPS) is 13.8. The Kier molecular flexibility index (Phi) is 15.8. The number of aryl methyl sites for hydroxylation is 6. The summed E-state index contributed by atoms with van der Waals surface area (Å²) in [5.74, 6) is 3.87. The summed E-state index contributed by atoms with van der Waals surface area (Å²) >= 11 is 0. The molecular formula is C100H72N8. The molecule has 512 valence electrons. The van der Waals surface area contributed by atoms with Crippen molar-refractivity contribution in [2.75, 3.05) is 0 Å². The molecule has 0 fully saturated rings. The predicted octanol–water partition coefficient (Wildman–Crippen LogP) is 23.6. The average Bonchev–Trinajstić information content (AvgIpc) is 1.53. The number of benzene rings is 13. The van der Waals surface area contributed by atoms with Crippen molar-refractivity contribution in [3.05, 3.63) is 407 Å². The molecule has 0 aliphatic heterocycles. The number of hydrogen-bond acceptors (Lipinski definition) is 8. The van der Waals surface area contributed by atoms with Gasteiger partial charge < -0.3 is 0 Å². The van der Waals surface area contributed by atoms with Crippen molar-refractivity contribution >= 4 is 10.8 Å². The van der Waals surface area contributed by atoms with Crippen LogP contribution in [0.2, 0.25) is 0 Å². The van der Waals surface area contributed by atoms with E-state index in [1.54, 1.807) is 0 Å². The first-order valence-corrected chi connectivity index (χ1v) is 36.9. The number of rotatable bonds is 13. The van der Waals surface area contributed by atoms with Crippen molar-refractivity contribution in [3.8, 4) is 123 Å². The Morgan fingerprint density at radius 1 is 0.231 bits per heavy atom. The molecule has 1 unspecified atom stereocenters. The van der Waals surface area contributed by atoms with E-state index in [0.29, 0.717) is 34.9 Å². The van der Waals surface area contributed by atoms with Gasteiger partial charge in [-0.15, -0.1) is 0 Å². The standard InChI is InChI=1S/C100H72N8/c1-61-60-102-91(57-85(61)83-43-24-46-89-94(83)95-84(98-106-64(4)103-65(5)107-98)44-25-47-90(95)99(89,74-31-10-7-11-32-74)75-33-12-8-13-34-75)82-40-19-18-39-80(82)71-29-21-37-77(55-71)100(76-35-14-9-15-36-76)87-53-52-73(56-86(87)93-81(42-23-45-88(93)100)70-28-20-30-72(54-70)92-62(2)58-101-59-63(92)3)97-105-66(6)104-96(108-97)69-50-48-68(49-51-69)79-41-22-27-67-26-16-17-38-78(67)79/h7-60H,1-6H3. The molecule has 0 amide bonds. The van der Waals surface area contributed by atoms with Gasteiger partial charge in [0.15, 0.2) is 17.5 Å². The number of hydrogen-bond donors (Lipinski definition) is 0. The Bertz CT molecular complexity index is 6360. The molecule has 19 rings (SSSR count). The lowest BCUT2D eigenvalue weighted by Crippen LogP contribution is -2.28. The summed E-state index contributed by atoms with van der Waals surface area (Å²) in [6.07, 6.45) is 5.98. The summed E-state index contributed by atoms with van der Waals surface area (Å²) in [5, 5.41) is 2.42. The molecule has 0 spiro atoms. The summed E-state index contributed by atoms with van der Waals surface area (Å²) in [6, 6.07) is 113. The molecule has 4 heterocycles. The molecule has 0 radical (unpaired) electrons. The fourth-order valence-corrected chi connectivity index (χ4v) is 17.8. The van der Waals surface area contributed by atoms with E-state index < -0.39 is 10.8 Å². The van der Waals surface area contributed by atoms with Gasteiger partial charge in [0, 0.05) is 40.8 Å². The number of nitrogens with zero attached hydrogens (tertiary/aromatic N) is 8. The molecule has 108 heavy (non-hydrogen) atoms. The second-order valence-corrected chi connectivity index (χ2v) is 28.7. The molecule has 8 nitrogen and oxygen atoms in total. The van der Waals surface area contributed by atoms with Gasteiger partial charge >= 0.3 is 0 Å². The zero-order valence-electron chi connectivity index (χ0n) is 60.8. The number of fused-ring (bicyclic) bond motifs is 7. The first-order chi connectivity index (χ1) is 53.0. The smallest absolute Gasteiger partial charge is 0.163 e. The molecule has 1 atom stereocenters. The lowest BCUT2D eigenvalue weighted by Gasteiger charge is -2.34. The first-order valence-electron chi connectivity index (χ1n) is 36.9. The van der Waals surface area contributed by atoms with Crippen LogP contribution < -0.4 is 0 Å². The van der Waals surface area contributed by atoms with Gasteiger partial charge in [0.05, 0.1) is 16.5 Å². The maximum atomic E-state index is 5.40. The van der Waals surface area contributed by atoms with Crippen molar-refractivity contribution in [2.45, 2.75) is 52.4 Å². The lowest BCUT2D eigenvalue weighted by molar-refractivity contribution is 0.768. The van der Waals surface area contributed by atoms with Crippen LogP contribution in [0.4, 0.5) is 0 Å². The SMILES string of the molecule is Cc1nc(-c2ccc(-c3cccc4ccccc34)cc2)nc(-c2ccc3c(c2)-c2c(-c4cccc(-c5c(C)cncc5C)c4)cccc2C3(c2ccccc2)c2cccc(-c3ccccc3-c3cc(-c4cccc5c4-c4c(-c6nc(C)nc(C)n6)cccc4C5(c4ccccc4)c4ccccc4)c(C)cn3)c2)n1. The molecule has 0 saturated heterocycles. The van der Waals surface area contributed by atoms with Crippen LogP contribution >= 0.6 is 0 Å². The average molecular weight is 1390 g/mol. The van der Waals surface area contributed by atoms with Gasteiger partial charge in [-0.2, -0.15) is 0 Å². The first kappa shape index (κ1) is 65.2. The van der Waals surface area contributed by atoms with E-state index in [0.717, 1.165) is 128 Å². The summed E-state index contributed by atoms with van der Waals surface area (Å²) in [5.41, 5.74) is 31.5. The summed E-state index contributed by atoms with van der Waals surface area (Å²) in [4.78, 5) is 40.3. The highest BCUT2D eigenvalue weighted by atomic mass is 15.0.